The lowest BCUT2D eigenvalue weighted by atomic mass is 9.92. The summed E-state index contributed by atoms with van der Waals surface area (Å²) in [6.07, 6.45) is 3.49. The molecule has 1 N–H and O–H groups in total. The number of allylic oxidation sites excluding steroid dienone is 1. The number of hydrogen-bond acceptors (Lipinski definition) is 5. The number of halogens is 1. The molecule has 2 aliphatic heterocycles. The summed E-state index contributed by atoms with van der Waals surface area (Å²) in [5, 5.41) is 3.16. The predicted molar refractivity (Wildman–Crippen MR) is 123 cm³/mol. The third-order valence-electron chi connectivity index (χ3n) is 5.11. The maximum absolute atomic E-state index is 13.0. The first-order valence-electron chi connectivity index (χ1n) is 10.2. The quantitative estimate of drug-likeness (QED) is 0.415. The van der Waals surface area contributed by atoms with Gasteiger partial charge in [-0.2, -0.15) is 0 Å². The fraction of sp³-hybridized carbons (Fsp3) is 0.455. The molecule has 2 saturated heterocycles. The summed E-state index contributed by atoms with van der Waals surface area (Å²) in [5.41, 5.74) is 0.0814. The fourth-order valence-electron chi connectivity index (χ4n) is 3.50. The van der Waals surface area contributed by atoms with Crippen LogP contribution in [0.1, 0.15) is 40.0 Å². The SMILES string of the molecule is CC(C)(C)OC(=O)N1CCC(C/C=C2\C(=O)NC(=S)N(c3ccc(Cl)cc3)C2=O)CC1. The Morgan fingerprint density at radius 1 is 1.23 bits per heavy atom. The van der Waals surface area contributed by atoms with Crippen LogP contribution in [0.15, 0.2) is 35.9 Å². The van der Waals surface area contributed by atoms with Crippen molar-refractivity contribution >= 4 is 52.5 Å². The van der Waals surface area contributed by atoms with Crippen molar-refractivity contribution in [2.45, 2.75) is 45.6 Å². The highest BCUT2D eigenvalue weighted by Crippen LogP contribution is 2.26. The van der Waals surface area contributed by atoms with Crippen molar-refractivity contribution < 1.29 is 19.1 Å². The van der Waals surface area contributed by atoms with Crippen molar-refractivity contribution in [1.29, 1.82) is 0 Å². The van der Waals surface area contributed by atoms with Crippen molar-refractivity contribution in [3.63, 3.8) is 0 Å². The van der Waals surface area contributed by atoms with E-state index in [4.69, 9.17) is 28.6 Å². The van der Waals surface area contributed by atoms with E-state index in [-0.39, 0.29) is 22.7 Å². The molecule has 0 atom stereocenters. The van der Waals surface area contributed by atoms with Crippen LogP contribution in [0.25, 0.3) is 0 Å². The van der Waals surface area contributed by atoms with Crippen LogP contribution in [-0.2, 0) is 14.3 Å². The molecule has 166 valence electrons. The van der Waals surface area contributed by atoms with E-state index in [9.17, 15) is 14.4 Å². The summed E-state index contributed by atoms with van der Waals surface area (Å²) in [4.78, 5) is 40.6. The van der Waals surface area contributed by atoms with E-state index in [0.29, 0.717) is 30.2 Å². The Morgan fingerprint density at radius 3 is 2.42 bits per heavy atom. The number of hydrogen-bond donors (Lipinski definition) is 1. The molecular weight excluding hydrogens is 438 g/mol. The zero-order valence-corrected chi connectivity index (χ0v) is 19.4. The van der Waals surface area contributed by atoms with Gasteiger partial charge in [-0.1, -0.05) is 17.7 Å². The molecule has 1 aromatic carbocycles. The number of ether oxygens (including phenoxy) is 1. The monoisotopic (exact) mass is 463 g/mol. The van der Waals surface area contributed by atoms with Crippen molar-refractivity contribution in [3.8, 4) is 0 Å². The second-order valence-electron chi connectivity index (χ2n) is 8.64. The highest BCUT2D eigenvalue weighted by molar-refractivity contribution is 7.80. The minimum absolute atomic E-state index is 0.0418. The van der Waals surface area contributed by atoms with Gasteiger partial charge >= 0.3 is 6.09 Å². The summed E-state index contributed by atoms with van der Waals surface area (Å²) in [5.74, 6) is -0.682. The number of benzene rings is 1. The molecule has 3 rings (SSSR count). The van der Waals surface area contributed by atoms with Crippen molar-refractivity contribution in [2.24, 2.45) is 5.92 Å². The first-order chi connectivity index (χ1) is 14.5. The number of carbonyl (C=O) groups excluding carboxylic acids is 3. The topological polar surface area (TPSA) is 79.0 Å². The van der Waals surface area contributed by atoms with Crippen LogP contribution in [0, 0.1) is 5.92 Å². The van der Waals surface area contributed by atoms with Crippen molar-refractivity contribution in [2.75, 3.05) is 18.0 Å². The molecule has 0 bridgehead atoms. The van der Waals surface area contributed by atoms with E-state index in [1.54, 1.807) is 35.2 Å². The first-order valence-corrected chi connectivity index (χ1v) is 11.0. The Morgan fingerprint density at radius 2 is 1.84 bits per heavy atom. The number of piperidine rings is 1. The first kappa shape index (κ1) is 23.2. The minimum Gasteiger partial charge on any atom is -0.444 e. The summed E-state index contributed by atoms with van der Waals surface area (Å²) in [6.45, 7) is 6.70. The lowest BCUT2D eigenvalue weighted by molar-refractivity contribution is -0.122. The van der Waals surface area contributed by atoms with Gasteiger partial charge in [0.15, 0.2) is 5.11 Å². The Balaban J connectivity index is 1.63. The van der Waals surface area contributed by atoms with Crippen LogP contribution >= 0.6 is 23.8 Å². The molecule has 0 aromatic heterocycles. The fourth-order valence-corrected chi connectivity index (χ4v) is 3.90. The summed E-state index contributed by atoms with van der Waals surface area (Å²) >= 11 is 11.1. The van der Waals surface area contributed by atoms with E-state index in [2.05, 4.69) is 5.32 Å². The summed E-state index contributed by atoms with van der Waals surface area (Å²) in [7, 11) is 0. The van der Waals surface area contributed by atoms with Gasteiger partial charge in [-0.05, 0) is 82.4 Å². The molecular formula is C22H26ClN3O4S. The molecule has 1 aromatic rings. The largest absolute Gasteiger partial charge is 0.444 e. The Hall–Kier alpha value is -2.45. The number of amides is 3. The van der Waals surface area contributed by atoms with Gasteiger partial charge < -0.3 is 9.64 Å². The molecule has 0 spiro atoms. The zero-order chi connectivity index (χ0) is 22.8. The number of nitrogens with zero attached hydrogens (tertiary/aromatic N) is 2. The van der Waals surface area contributed by atoms with E-state index in [0.717, 1.165) is 12.8 Å². The molecule has 0 aliphatic carbocycles. The number of carbonyl (C=O) groups is 3. The summed E-state index contributed by atoms with van der Waals surface area (Å²) in [6, 6.07) is 6.66. The number of anilines is 1. The summed E-state index contributed by atoms with van der Waals surface area (Å²) < 4.78 is 5.42. The van der Waals surface area contributed by atoms with Gasteiger partial charge in [-0.3, -0.25) is 19.8 Å². The van der Waals surface area contributed by atoms with Crippen LogP contribution < -0.4 is 10.2 Å². The molecule has 2 heterocycles. The van der Waals surface area contributed by atoms with Gasteiger partial charge in [-0.25, -0.2) is 4.79 Å². The van der Waals surface area contributed by atoms with Crippen LogP contribution in [0.5, 0.6) is 0 Å². The standard InChI is InChI=1S/C22H26ClN3O4S/c1-22(2,3)30-21(29)25-12-10-14(11-13-25)4-9-17-18(27)24-20(31)26(19(17)28)16-7-5-15(23)6-8-16/h5-9,14H,4,10-13H2,1-3H3,(H,24,27,31)/b17-9+. The average Bonchev–Trinajstić information content (AvgIpc) is 2.68. The molecule has 0 saturated carbocycles. The van der Waals surface area contributed by atoms with E-state index in [1.165, 1.54) is 4.90 Å². The van der Waals surface area contributed by atoms with Crippen molar-refractivity contribution in [3.05, 3.63) is 40.9 Å². The normalized spacial score (nSPS) is 19.6. The molecule has 9 heteroatoms. The van der Waals surface area contributed by atoms with Gasteiger partial charge in [0.2, 0.25) is 0 Å². The van der Waals surface area contributed by atoms with E-state index >= 15 is 0 Å². The lowest BCUT2D eigenvalue weighted by Crippen LogP contribution is -2.54. The van der Waals surface area contributed by atoms with E-state index in [1.807, 2.05) is 20.8 Å². The van der Waals surface area contributed by atoms with Gasteiger partial charge in [-0.15, -0.1) is 0 Å². The molecule has 3 amide bonds. The predicted octanol–water partition coefficient (Wildman–Crippen LogP) is 4.05. The smallest absolute Gasteiger partial charge is 0.410 e. The maximum atomic E-state index is 13.0. The third-order valence-corrected chi connectivity index (χ3v) is 5.64. The second kappa shape index (κ2) is 9.36. The maximum Gasteiger partial charge on any atom is 0.410 e. The Labute approximate surface area is 192 Å². The number of thiocarbonyl (C=S) groups is 1. The molecule has 0 unspecified atom stereocenters. The zero-order valence-electron chi connectivity index (χ0n) is 17.8. The Bertz CT molecular complexity index is 916. The van der Waals surface area contributed by atoms with Gasteiger partial charge in [0.25, 0.3) is 11.8 Å². The van der Waals surface area contributed by atoms with Crippen LogP contribution in [0.3, 0.4) is 0 Å². The minimum atomic E-state index is -0.524. The molecule has 0 radical (unpaired) electrons. The van der Waals surface area contributed by atoms with Crippen LogP contribution in [0.2, 0.25) is 5.02 Å². The lowest BCUT2D eigenvalue weighted by Gasteiger charge is -2.33. The molecule has 31 heavy (non-hydrogen) atoms. The second-order valence-corrected chi connectivity index (χ2v) is 9.46. The number of nitrogens with one attached hydrogen (secondary N) is 1. The van der Waals surface area contributed by atoms with Crippen LogP contribution in [0.4, 0.5) is 10.5 Å². The highest BCUT2D eigenvalue weighted by atomic mass is 35.5. The number of rotatable bonds is 3. The van der Waals surface area contributed by atoms with E-state index < -0.39 is 17.4 Å². The van der Waals surface area contributed by atoms with Gasteiger partial charge in [0.05, 0.1) is 5.69 Å². The molecule has 2 fully saturated rings. The van der Waals surface area contributed by atoms with Gasteiger partial charge in [0.1, 0.15) is 11.2 Å². The van der Waals surface area contributed by atoms with Crippen molar-refractivity contribution in [1.82, 2.24) is 10.2 Å². The highest BCUT2D eigenvalue weighted by Gasteiger charge is 2.34. The van der Waals surface area contributed by atoms with Crippen LogP contribution in [-0.4, -0.2) is 46.6 Å². The third kappa shape index (κ3) is 5.83. The number of likely N-dealkylation sites (tertiary alicyclic amines) is 1. The molecule has 2 aliphatic rings. The Kier molecular flexibility index (Phi) is 7.01. The molecule has 7 nitrogen and oxygen atoms in total. The average molecular weight is 464 g/mol. The van der Waals surface area contributed by atoms with Gasteiger partial charge in [0, 0.05) is 18.1 Å².